The van der Waals surface area contributed by atoms with Gasteiger partial charge in [-0.3, -0.25) is 0 Å². The molecule has 0 bridgehead atoms. The number of nitrogens with one attached hydrogen (secondary N) is 2. The lowest BCUT2D eigenvalue weighted by Gasteiger charge is -2.27. The van der Waals surface area contributed by atoms with E-state index in [1.807, 2.05) is 0 Å². The molecule has 0 aliphatic carbocycles. The van der Waals surface area contributed by atoms with Crippen molar-refractivity contribution >= 4 is 33.6 Å². The van der Waals surface area contributed by atoms with Crippen LogP contribution >= 0.6 is 15.9 Å². The number of rotatable bonds is 3. The smallest absolute Gasteiger partial charge is 0.326 e. The molecule has 0 spiro atoms. The van der Waals surface area contributed by atoms with Crippen molar-refractivity contribution in [1.29, 1.82) is 0 Å². The molecule has 6 heteroatoms. The minimum atomic E-state index is -1.06. The van der Waals surface area contributed by atoms with Crippen molar-refractivity contribution < 1.29 is 14.7 Å². The number of carboxylic acids is 1. The molecular formula is C13H17BrN2O3. The number of urea groups is 1. The van der Waals surface area contributed by atoms with E-state index < -0.39 is 23.5 Å². The van der Waals surface area contributed by atoms with Gasteiger partial charge in [-0.05, 0) is 29.7 Å². The zero-order valence-corrected chi connectivity index (χ0v) is 12.6. The number of carboxylic acid groups (broad SMARTS) is 1. The van der Waals surface area contributed by atoms with Crippen molar-refractivity contribution in [2.75, 3.05) is 5.32 Å². The lowest BCUT2D eigenvalue weighted by Crippen LogP contribution is -2.50. The molecule has 0 heterocycles. The Morgan fingerprint density at radius 2 is 1.74 bits per heavy atom. The number of halogens is 1. The molecule has 104 valence electrons. The van der Waals surface area contributed by atoms with E-state index in [4.69, 9.17) is 5.11 Å². The molecule has 0 fully saturated rings. The zero-order chi connectivity index (χ0) is 14.6. The van der Waals surface area contributed by atoms with Gasteiger partial charge in [-0.1, -0.05) is 36.7 Å². The van der Waals surface area contributed by atoms with Crippen LogP contribution in [0.5, 0.6) is 0 Å². The van der Waals surface area contributed by atoms with Crippen LogP contribution in [0, 0.1) is 5.41 Å². The first-order chi connectivity index (χ1) is 8.70. The molecule has 1 atom stereocenters. The van der Waals surface area contributed by atoms with Crippen LogP contribution in [0.15, 0.2) is 28.7 Å². The van der Waals surface area contributed by atoms with Crippen LogP contribution < -0.4 is 10.6 Å². The second-order valence-corrected chi connectivity index (χ2v) is 6.16. The first-order valence-corrected chi connectivity index (χ1v) is 6.55. The molecule has 1 unspecified atom stereocenters. The van der Waals surface area contributed by atoms with Gasteiger partial charge in [-0.15, -0.1) is 0 Å². The Morgan fingerprint density at radius 1 is 1.21 bits per heavy atom. The first kappa shape index (κ1) is 15.5. The summed E-state index contributed by atoms with van der Waals surface area (Å²) in [6, 6.07) is 5.52. The number of carbonyl (C=O) groups excluding carboxylic acids is 1. The Kier molecular flexibility index (Phi) is 4.94. The average Bonchev–Trinajstić information content (AvgIpc) is 2.27. The molecule has 0 saturated heterocycles. The maximum atomic E-state index is 11.8. The Balaban J connectivity index is 2.68. The highest BCUT2D eigenvalue weighted by Gasteiger charge is 2.32. The van der Waals surface area contributed by atoms with Crippen LogP contribution in [0.3, 0.4) is 0 Å². The second-order valence-electron chi connectivity index (χ2n) is 5.24. The summed E-state index contributed by atoms with van der Waals surface area (Å²) < 4.78 is 0.900. The van der Waals surface area contributed by atoms with Crippen molar-refractivity contribution in [3.05, 3.63) is 28.7 Å². The first-order valence-electron chi connectivity index (χ1n) is 5.76. The number of benzene rings is 1. The summed E-state index contributed by atoms with van der Waals surface area (Å²) in [7, 11) is 0. The third-order valence-electron chi connectivity index (χ3n) is 2.49. The lowest BCUT2D eigenvalue weighted by atomic mass is 9.87. The van der Waals surface area contributed by atoms with E-state index in [9.17, 15) is 9.59 Å². The minimum absolute atomic E-state index is 0.537. The van der Waals surface area contributed by atoms with E-state index in [0.717, 1.165) is 4.47 Å². The Labute approximate surface area is 120 Å². The summed E-state index contributed by atoms with van der Waals surface area (Å²) in [6.45, 7) is 5.27. The number of hydrogen-bond donors (Lipinski definition) is 3. The van der Waals surface area contributed by atoms with Gasteiger partial charge in [0.1, 0.15) is 6.04 Å². The molecular weight excluding hydrogens is 312 g/mol. The molecule has 0 radical (unpaired) electrons. The van der Waals surface area contributed by atoms with E-state index in [1.54, 1.807) is 45.0 Å². The predicted molar refractivity (Wildman–Crippen MR) is 77.2 cm³/mol. The van der Waals surface area contributed by atoms with Crippen LogP contribution in [-0.2, 0) is 4.79 Å². The van der Waals surface area contributed by atoms with Gasteiger partial charge in [-0.2, -0.15) is 0 Å². The van der Waals surface area contributed by atoms with Crippen LogP contribution in [-0.4, -0.2) is 23.1 Å². The number of amides is 2. The second kappa shape index (κ2) is 6.06. The van der Waals surface area contributed by atoms with Gasteiger partial charge in [0.05, 0.1) is 0 Å². The molecule has 0 saturated carbocycles. The van der Waals surface area contributed by atoms with Crippen LogP contribution in [0.1, 0.15) is 20.8 Å². The Morgan fingerprint density at radius 3 is 2.16 bits per heavy atom. The summed E-state index contributed by atoms with van der Waals surface area (Å²) in [5.41, 5.74) is 0.0295. The van der Waals surface area contributed by atoms with Gasteiger partial charge >= 0.3 is 12.0 Å². The molecule has 5 nitrogen and oxygen atoms in total. The highest BCUT2D eigenvalue weighted by molar-refractivity contribution is 9.10. The lowest BCUT2D eigenvalue weighted by molar-refractivity contribution is -0.141. The van der Waals surface area contributed by atoms with E-state index in [1.165, 1.54) is 0 Å². The Bertz CT molecular complexity index is 466. The van der Waals surface area contributed by atoms with Crippen molar-refractivity contribution in [2.24, 2.45) is 5.41 Å². The van der Waals surface area contributed by atoms with Gasteiger partial charge in [0, 0.05) is 10.2 Å². The molecule has 0 aliphatic heterocycles. The number of hydrogen-bond acceptors (Lipinski definition) is 2. The molecule has 3 N–H and O–H groups in total. The highest BCUT2D eigenvalue weighted by atomic mass is 79.9. The third kappa shape index (κ3) is 4.90. The van der Waals surface area contributed by atoms with E-state index in [2.05, 4.69) is 26.6 Å². The molecule has 1 aromatic carbocycles. The van der Waals surface area contributed by atoms with Gasteiger partial charge < -0.3 is 15.7 Å². The fourth-order valence-corrected chi connectivity index (χ4v) is 1.74. The highest BCUT2D eigenvalue weighted by Crippen LogP contribution is 2.20. The van der Waals surface area contributed by atoms with Crippen LogP contribution in [0.2, 0.25) is 0 Å². The summed E-state index contributed by atoms with van der Waals surface area (Å²) >= 11 is 3.29. The SMILES string of the molecule is CC(C)(C)C(NC(=O)Nc1ccc(Br)cc1)C(=O)O. The van der Waals surface area contributed by atoms with Gasteiger partial charge in [-0.25, -0.2) is 9.59 Å². The van der Waals surface area contributed by atoms with Crippen molar-refractivity contribution in [2.45, 2.75) is 26.8 Å². The maximum absolute atomic E-state index is 11.8. The fraction of sp³-hybridized carbons (Fsp3) is 0.385. The summed E-state index contributed by atoms with van der Waals surface area (Å²) in [5.74, 6) is -1.06. The molecule has 1 rings (SSSR count). The Hall–Kier alpha value is -1.56. The summed E-state index contributed by atoms with van der Waals surface area (Å²) in [4.78, 5) is 22.9. The standard InChI is InChI=1S/C13H17BrN2O3/c1-13(2,3)10(11(17)18)16-12(19)15-9-6-4-8(14)5-7-9/h4-7,10H,1-3H3,(H,17,18)(H2,15,16,19). The van der Waals surface area contributed by atoms with E-state index in [-0.39, 0.29) is 0 Å². The fourth-order valence-electron chi connectivity index (χ4n) is 1.48. The average molecular weight is 329 g/mol. The zero-order valence-electron chi connectivity index (χ0n) is 11.0. The molecule has 19 heavy (non-hydrogen) atoms. The maximum Gasteiger partial charge on any atom is 0.326 e. The van der Waals surface area contributed by atoms with Gasteiger partial charge in [0.2, 0.25) is 0 Å². The molecule has 1 aromatic rings. The quantitative estimate of drug-likeness (QED) is 0.797. The summed E-state index contributed by atoms with van der Waals surface area (Å²) in [6.07, 6.45) is 0. The van der Waals surface area contributed by atoms with Crippen LogP contribution in [0.4, 0.5) is 10.5 Å². The van der Waals surface area contributed by atoms with Gasteiger partial charge in [0.15, 0.2) is 0 Å². The third-order valence-corrected chi connectivity index (χ3v) is 3.02. The predicted octanol–water partition coefficient (Wildman–Crippen LogP) is 3.07. The molecule has 2 amide bonds. The topological polar surface area (TPSA) is 78.4 Å². The largest absolute Gasteiger partial charge is 0.480 e. The number of aliphatic carboxylic acids is 1. The van der Waals surface area contributed by atoms with Crippen molar-refractivity contribution in [3.63, 3.8) is 0 Å². The normalized spacial score (nSPS) is 12.6. The number of anilines is 1. The van der Waals surface area contributed by atoms with Crippen molar-refractivity contribution in [1.82, 2.24) is 5.32 Å². The van der Waals surface area contributed by atoms with Gasteiger partial charge in [0.25, 0.3) is 0 Å². The van der Waals surface area contributed by atoms with Crippen molar-refractivity contribution in [3.8, 4) is 0 Å². The molecule has 0 aliphatic rings. The van der Waals surface area contributed by atoms with Crippen LogP contribution in [0.25, 0.3) is 0 Å². The number of carbonyl (C=O) groups is 2. The monoisotopic (exact) mass is 328 g/mol. The summed E-state index contributed by atoms with van der Waals surface area (Å²) in [5, 5.41) is 14.2. The van der Waals surface area contributed by atoms with E-state index >= 15 is 0 Å². The minimum Gasteiger partial charge on any atom is -0.480 e. The van der Waals surface area contributed by atoms with E-state index in [0.29, 0.717) is 5.69 Å². The molecule has 0 aromatic heterocycles.